The first-order chi connectivity index (χ1) is 10.1. The SMILES string of the molecule is O=C(NCC1CCCN1)c1cc(=O)[nH]c2cc(F)ccc12. The molecule has 1 fully saturated rings. The molecular weight excluding hydrogens is 273 g/mol. The van der Waals surface area contributed by atoms with Crippen LogP contribution in [0.5, 0.6) is 0 Å². The zero-order chi connectivity index (χ0) is 14.8. The molecule has 6 heteroatoms. The van der Waals surface area contributed by atoms with Crippen LogP contribution in [-0.4, -0.2) is 30.0 Å². The summed E-state index contributed by atoms with van der Waals surface area (Å²) in [5.74, 6) is -0.766. The van der Waals surface area contributed by atoms with Crippen LogP contribution in [0.15, 0.2) is 29.1 Å². The number of halogens is 1. The highest BCUT2D eigenvalue weighted by Gasteiger charge is 2.17. The molecule has 2 heterocycles. The van der Waals surface area contributed by atoms with Crippen molar-refractivity contribution in [1.82, 2.24) is 15.6 Å². The summed E-state index contributed by atoms with van der Waals surface area (Å²) in [7, 11) is 0. The van der Waals surface area contributed by atoms with Gasteiger partial charge in [0.1, 0.15) is 5.82 Å². The molecule has 2 aromatic rings. The van der Waals surface area contributed by atoms with Gasteiger partial charge in [-0.05, 0) is 37.6 Å². The van der Waals surface area contributed by atoms with E-state index in [1.807, 2.05) is 0 Å². The fourth-order valence-electron chi connectivity index (χ4n) is 2.66. The zero-order valence-corrected chi connectivity index (χ0v) is 11.4. The average molecular weight is 289 g/mol. The molecule has 3 rings (SSSR count). The molecule has 5 nitrogen and oxygen atoms in total. The number of amides is 1. The third-order valence-electron chi connectivity index (χ3n) is 3.72. The first-order valence-electron chi connectivity index (χ1n) is 6.97. The van der Waals surface area contributed by atoms with Crippen LogP contribution >= 0.6 is 0 Å². The van der Waals surface area contributed by atoms with Crippen LogP contribution < -0.4 is 16.2 Å². The summed E-state index contributed by atoms with van der Waals surface area (Å²) < 4.78 is 13.2. The van der Waals surface area contributed by atoms with Crippen molar-refractivity contribution in [2.45, 2.75) is 18.9 Å². The monoisotopic (exact) mass is 289 g/mol. The van der Waals surface area contributed by atoms with Crippen LogP contribution in [-0.2, 0) is 0 Å². The van der Waals surface area contributed by atoms with Crippen molar-refractivity contribution in [2.24, 2.45) is 0 Å². The number of hydrogen-bond donors (Lipinski definition) is 3. The number of carbonyl (C=O) groups excluding carboxylic acids is 1. The van der Waals surface area contributed by atoms with Gasteiger partial charge >= 0.3 is 0 Å². The number of pyridine rings is 1. The van der Waals surface area contributed by atoms with Gasteiger partial charge in [-0.15, -0.1) is 0 Å². The second kappa shape index (κ2) is 5.65. The van der Waals surface area contributed by atoms with Gasteiger partial charge in [0.05, 0.1) is 11.1 Å². The zero-order valence-electron chi connectivity index (χ0n) is 11.4. The Morgan fingerprint density at radius 2 is 2.24 bits per heavy atom. The van der Waals surface area contributed by atoms with Crippen LogP contribution in [0.3, 0.4) is 0 Å². The van der Waals surface area contributed by atoms with Crippen LogP contribution in [0.4, 0.5) is 4.39 Å². The predicted molar refractivity (Wildman–Crippen MR) is 77.9 cm³/mol. The van der Waals surface area contributed by atoms with Gasteiger partial charge in [-0.25, -0.2) is 4.39 Å². The number of fused-ring (bicyclic) bond motifs is 1. The number of rotatable bonds is 3. The van der Waals surface area contributed by atoms with E-state index in [1.165, 1.54) is 24.3 Å². The van der Waals surface area contributed by atoms with Crippen molar-refractivity contribution in [3.8, 4) is 0 Å². The Bertz CT molecular complexity index is 735. The quantitative estimate of drug-likeness (QED) is 0.793. The molecule has 1 amide bonds. The fourth-order valence-corrected chi connectivity index (χ4v) is 2.66. The van der Waals surface area contributed by atoms with Crippen LogP contribution in [0.2, 0.25) is 0 Å². The molecule has 110 valence electrons. The molecule has 1 saturated heterocycles. The molecule has 3 N–H and O–H groups in total. The molecule has 1 aromatic heterocycles. The Labute approximate surface area is 120 Å². The van der Waals surface area contributed by atoms with Gasteiger partial charge in [-0.2, -0.15) is 0 Å². The van der Waals surface area contributed by atoms with Crippen molar-refractivity contribution in [3.63, 3.8) is 0 Å². The summed E-state index contributed by atoms with van der Waals surface area (Å²) in [6.07, 6.45) is 2.13. The first-order valence-corrected chi connectivity index (χ1v) is 6.97. The molecule has 1 aromatic carbocycles. The van der Waals surface area contributed by atoms with E-state index < -0.39 is 11.4 Å². The van der Waals surface area contributed by atoms with Crippen molar-refractivity contribution < 1.29 is 9.18 Å². The third kappa shape index (κ3) is 2.95. The lowest BCUT2D eigenvalue weighted by Gasteiger charge is -2.12. The number of aromatic nitrogens is 1. The lowest BCUT2D eigenvalue weighted by atomic mass is 10.1. The second-order valence-corrected chi connectivity index (χ2v) is 5.24. The van der Waals surface area contributed by atoms with Crippen molar-refractivity contribution in [3.05, 3.63) is 46.0 Å². The van der Waals surface area contributed by atoms with E-state index >= 15 is 0 Å². The summed E-state index contributed by atoms with van der Waals surface area (Å²) in [5, 5.41) is 6.65. The standard InChI is InChI=1S/C15H16FN3O2/c16-9-3-4-11-12(7-14(20)19-13(11)6-9)15(21)18-8-10-2-1-5-17-10/h3-4,6-7,10,17H,1-2,5,8H2,(H,18,21)(H,19,20). The summed E-state index contributed by atoms with van der Waals surface area (Å²) >= 11 is 0. The van der Waals surface area contributed by atoms with Gasteiger partial charge in [0.15, 0.2) is 0 Å². The average Bonchev–Trinajstić information content (AvgIpc) is 2.96. The van der Waals surface area contributed by atoms with Crippen molar-refractivity contribution >= 4 is 16.8 Å². The highest BCUT2D eigenvalue weighted by Crippen LogP contribution is 2.16. The van der Waals surface area contributed by atoms with E-state index in [-0.39, 0.29) is 17.5 Å². The van der Waals surface area contributed by atoms with Gasteiger partial charge in [0, 0.05) is 24.0 Å². The maximum absolute atomic E-state index is 13.2. The molecular formula is C15H16FN3O2. The molecule has 1 aliphatic rings. The van der Waals surface area contributed by atoms with Gasteiger partial charge in [0.2, 0.25) is 5.56 Å². The number of H-pyrrole nitrogens is 1. The Balaban J connectivity index is 1.88. The summed E-state index contributed by atoms with van der Waals surface area (Å²) in [5.41, 5.74) is 0.177. The highest BCUT2D eigenvalue weighted by atomic mass is 19.1. The van der Waals surface area contributed by atoms with E-state index in [9.17, 15) is 14.0 Å². The lowest BCUT2D eigenvalue weighted by molar-refractivity contribution is 0.0952. The normalized spacial score (nSPS) is 18.0. The summed E-state index contributed by atoms with van der Waals surface area (Å²) in [6.45, 7) is 1.49. The van der Waals surface area contributed by atoms with Crippen LogP contribution in [0.25, 0.3) is 10.9 Å². The molecule has 0 spiro atoms. The molecule has 0 aliphatic carbocycles. The molecule has 21 heavy (non-hydrogen) atoms. The highest BCUT2D eigenvalue weighted by molar-refractivity contribution is 6.05. The minimum Gasteiger partial charge on any atom is -0.350 e. The minimum atomic E-state index is -0.453. The van der Waals surface area contributed by atoms with E-state index in [0.717, 1.165) is 19.4 Å². The Morgan fingerprint density at radius 3 is 3.00 bits per heavy atom. The second-order valence-electron chi connectivity index (χ2n) is 5.24. The van der Waals surface area contributed by atoms with Crippen LogP contribution in [0.1, 0.15) is 23.2 Å². The molecule has 1 unspecified atom stereocenters. The number of carbonyl (C=O) groups is 1. The lowest BCUT2D eigenvalue weighted by Crippen LogP contribution is -2.37. The number of hydrogen-bond acceptors (Lipinski definition) is 3. The van der Waals surface area contributed by atoms with E-state index in [1.54, 1.807) is 0 Å². The number of nitrogens with one attached hydrogen (secondary N) is 3. The number of aromatic amines is 1. The molecule has 0 radical (unpaired) electrons. The van der Waals surface area contributed by atoms with Gasteiger partial charge in [-0.1, -0.05) is 0 Å². The molecule has 1 aliphatic heterocycles. The third-order valence-corrected chi connectivity index (χ3v) is 3.72. The largest absolute Gasteiger partial charge is 0.350 e. The predicted octanol–water partition coefficient (Wildman–Crippen LogP) is 1.15. The Kier molecular flexibility index (Phi) is 3.70. The maximum atomic E-state index is 13.2. The Morgan fingerprint density at radius 1 is 1.38 bits per heavy atom. The van der Waals surface area contributed by atoms with Crippen LogP contribution in [0, 0.1) is 5.82 Å². The van der Waals surface area contributed by atoms with Gasteiger partial charge in [0.25, 0.3) is 5.91 Å². The number of benzene rings is 1. The molecule has 1 atom stereocenters. The maximum Gasteiger partial charge on any atom is 0.252 e. The van der Waals surface area contributed by atoms with E-state index in [0.29, 0.717) is 17.4 Å². The first kappa shape index (κ1) is 13.8. The van der Waals surface area contributed by atoms with Crippen molar-refractivity contribution in [2.75, 3.05) is 13.1 Å². The summed E-state index contributed by atoms with van der Waals surface area (Å²) in [6, 6.07) is 5.52. The van der Waals surface area contributed by atoms with Gasteiger partial charge < -0.3 is 15.6 Å². The van der Waals surface area contributed by atoms with E-state index in [4.69, 9.17) is 0 Å². The van der Waals surface area contributed by atoms with Gasteiger partial charge in [-0.3, -0.25) is 9.59 Å². The molecule has 0 saturated carbocycles. The molecule has 0 bridgehead atoms. The topological polar surface area (TPSA) is 74.0 Å². The van der Waals surface area contributed by atoms with E-state index in [2.05, 4.69) is 15.6 Å². The minimum absolute atomic E-state index is 0.270. The summed E-state index contributed by atoms with van der Waals surface area (Å²) in [4.78, 5) is 26.4. The van der Waals surface area contributed by atoms with Crippen molar-refractivity contribution in [1.29, 1.82) is 0 Å². The Hall–Kier alpha value is -2.21. The fraction of sp³-hybridized carbons (Fsp3) is 0.333. The smallest absolute Gasteiger partial charge is 0.252 e.